The van der Waals surface area contributed by atoms with Crippen LogP contribution in [0.5, 0.6) is 0 Å². The van der Waals surface area contributed by atoms with Crippen molar-refractivity contribution in [3.05, 3.63) is 123 Å². The highest BCUT2D eigenvalue weighted by atomic mass is 16.6. The smallest absolute Gasteiger partial charge is 0.269 e. The molecular weight excluding hydrogens is 496 g/mol. The molecule has 0 saturated heterocycles. The number of hydrogen-bond donors (Lipinski definition) is 3. The summed E-state index contributed by atoms with van der Waals surface area (Å²) in [6.45, 7) is 5.61. The molecule has 5 rings (SSSR count). The first-order valence-corrected chi connectivity index (χ1v) is 12.3. The SMILES string of the molecule is CC1=C(C(=O)Nc2ccc(C)cc2C)[C@@H](c2cccc([N+](=O)[O-])c2)n2ncc(C(=O)Nc3ccccc3)c2N1. The molecule has 39 heavy (non-hydrogen) atoms. The Kier molecular flexibility index (Phi) is 6.68. The van der Waals surface area contributed by atoms with E-state index in [1.807, 2.05) is 50.2 Å². The summed E-state index contributed by atoms with van der Waals surface area (Å²) in [4.78, 5) is 38.0. The molecule has 0 unspecified atom stereocenters. The first kappa shape index (κ1) is 25.4. The number of aryl methyl sites for hydroxylation is 2. The third-order valence-corrected chi connectivity index (χ3v) is 6.57. The second-order valence-electron chi connectivity index (χ2n) is 9.36. The molecule has 1 atom stereocenters. The van der Waals surface area contributed by atoms with Crippen molar-refractivity contribution >= 4 is 34.7 Å². The van der Waals surface area contributed by atoms with Crippen molar-refractivity contribution in [1.29, 1.82) is 0 Å². The lowest BCUT2D eigenvalue weighted by Gasteiger charge is -2.30. The van der Waals surface area contributed by atoms with Crippen molar-refractivity contribution < 1.29 is 14.5 Å². The van der Waals surface area contributed by atoms with Crippen molar-refractivity contribution in [2.75, 3.05) is 16.0 Å². The highest BCUT2D eigenvalue weighted by molar-refractivity contribution is 6.09. The quantitative estimate of drug-likeness (QED) is 0.224. The van der Waals surface area contributed by atoms with Gasteiger partial charge in [-0.3, -0.25) is 19.7 Å². The van der Waals surface area contributed by atoms with E-state index in [-0.39, 0.29) is 23.1 Å². The lowest BCUT2D eigenvalue weighted by molar-refractivity contribution is -0.384. The van der Waals surface area contributed by atoms with Gasteiger partial charge in [0.1, 0.15) is 17.4 Å². The maximum atomic E-state index is 13.7. The Hall–Kier alpha value is -5.25. The molecule has 3 aromatic carbocycles. The first-order valence-electron chi connectivity index (χ1n) is 12.3. The highest BCUT2D eigenvalue weighted by Crippen LogP contribution is 2.39. The number of nitro groups is 1. The number of allylic oxidation sites excluding steroid dienone is 1. The molecule has 4 aromatic rings. The highest BCUT2D eigenvalue weighted by Gasteiger charge is 2.36. The molecule has 2 heterocycles. The fraction of sp³-hybridized carbons (Fsp3) is 0.138. The molecule has 10 nitrogen and oxygen atoms in total. The second-order valence-corrected chi connectivity index (χ2v) is 9.36. The predicted octanol–water partition coefficient (Wildman–Crippen LogP) is 5.59. The maximum Gasteiger partial charge on any atom is 0.269 e. The number of benzene rings is 3. The molecule has 0 fully saturated rings. The molecule has 0 radical (unpaired) electrons. The van der Waals surface area contributed by atoms with E-state index in [9.17, 15) is 19.7 Å². The van der Waals surface area contributed by atoms with Crippen molar-refractivity contribution in [1.82, 2.24) is 9.78 Å². The normalized spacial score (nSPS) is 14.3. The van der Waals surface area contributed by atoms with E-state index < -0.39 is 11.0 Å². The average molecular weight is 523 g/mol. The fourth-order valence-electron chi connectivity index (χ4n) is 4.70. The number of nitro benzene ring substituents is 1. The van der Waals surface area contributed by atoms with E-state index in [4.69, 9.17) is 0 Å². The molecule has 0 saturated carbocycles. The Morgan fingerprint density at radius 1 is 0.949 bits per heavy atom. The summed E-state index contributed by atoms with van der Waals surface area (Å²) in [5, 5.41) is 25.0. The Morgan fingerprint density at radius 2 is 1.72 bits per heavy atom. The summed E-state index contributed by atoms with van der Waals surface area (Å²) >= 11 is 0. The number of non-ortho nitro benzene ring substituents is 1. The van der Waals surface area contributed by atoms with Crippen LogP contribution in [-0.4, -0.2) is 26.5 Å². The van der Waals surface area contributed by atoms with Crippen molar-refractivity contribution in [2.45, 2.75) is 26.8 Å². The zero-order valence-electron chi connectivity index (χ0n) is 21.6. The lowest BCUT2D eigenvalue weighted by Crippen LogP contribution is -2.32. The van der Waals surface area contributed by atoms with Gasteiger partial charge in [-0.15, -0.1) is 0 Å². The molecule has 1 aliphatic rings. The third kappa shape index (κ3) is 4.99. The number of aromatic nitrogens is 2. The maximum absolute atomic E-state index is 13.7. The number of amides is 2. The first-order chi connectivity index (χ1) is 18.7. The standard InChI is InChI=1S/C29H26N6O4/c1-17-12-13-24(18(2)14-17)33-29(37)25-19(3)31-27-23(28(36)32-21-9-5-4-6-10-21)16-30-34(27)26(25)20-8-7-11-22(15-20)35(38)39/h4-16,26,31H,1-3H3,(H,32,36)(H,33,37)/t26-/m1/s1. The van der Waals surface area contributed by atoms with Crippen LogP contribution in [0.25, 0.3) is 0 Å². The van der Waals surface area contributed by atoms with E-state index >= 15 is 0 Å². The van der Waals surface area contributed by atoms with Gasteiger partial charge in [-0.25, -0.2) is 4.68 Å². The summed E-state index contributed by atoms with van der Waals surface area (Å²) in [6.07, 6.45) is 1.42. The Morgan fingerprint density at radius 3 is 2.44 bits per heavy atom. The number of carbonyl (C=O) groups excluding carboxylic acids is 2. The van der Waals surface area contributed by atoms with Crippen LogP contribution in [0, 0.1) is 24.0 Å². The summed E-state index contributed by atoms with van der Waals surface area (Å²) in [5.41, 5.74) is 4.68. The van der Waals surface area contributed by atoms with Gasteiger partial charge < -0.3 is 16.0 Å². The topological polar surface area (TPSA) is 131 Å². The molecule has 1 aliphatic heterocycles. The zero-order chi connectivity index (χ0) is 27.7. The number of fused-ring (bicyclic) bond motifs is 1. The van der Waals surface area contributed by atoms with Gasteiger partial charge >= 0.3 is 0 Å². The molecule has 196 valence electrons. The van der Waals surface area contributed by atoms with Gasteiger partial charge in [0.05, 0.1) is 16.7 Å². The molecular formula is C29H26N6O4. The number of carbonyl (C=O) groups is 2. The van der Waals surface area contributed by atoms with Gasteiger partial charge in [0, 0.05) is 29.2 Å². The van der Waals surface area contributed by atoms with Crippen molar-refractivity contribution in [2.24, 2.45) is 0 Å². The number of rotatable bonds is 6. The predicted molar refractivity (Wildman–Crippen MR) is 149 cm³/mol. The van der Waals surface area contributed by atoms with Crippen LogP contribution in [-0.2, 0) is 4.79 Å². The molecule has 1 aromatic heterocycles. The van der Waals surface area contributed by atoms with E-state index in [2.05, 4.69) is 21.0 Å². The van der Waals surface area contributed by atoms with Crippen LogP contribution in [0.15, 0.2) is 90.3 Å². The number of para-hydroxylation sites is 1. The minimum atomic E-state index is -0.829. The van der Waals surface area contributed by atoms with Crippen LogP contribution in [0.4, 0.5) is 22.9 Å². The summed E-state index contributed by atoms with van der Waals surface area (Å²) in [5.74, 6) is -0.399. The van der Waals surface area contributed by atoms with Crippen LogP contribution < -0.4 is 16.0 Å². The van der Waals surface area contributed by atoms with E-state index in [0.717, 1.165) is 11.1 Å². The number of anilines is 3. The van der Waals surface area contributed by atoms with Crippen molar-refractivity contribution in [3.63, 3.8) is 0 Å². The minimum Gasteiger partial charge on any atom is -0.343 e. The van der Waals surface area contributed by atoms with Crippen molar-refractivity contribution in [3.8, 4) is 0 Å². The average Bonchev–Trinajstić information content (AvgIpc) is 3.33. The van der Waals surface area contributed by atoms with Crippen LogP contribution in [0.1, 0.15) is 40.0 Å². The van der Waals surface area contributed by atoms with E-state index in [1.54, 1.807) is 31.2 Å². The third-order valence-electron chi connectivity index (χ3n) is 6.57. The lowest BCUT2D eigenvalue weighted by atomic mass is 9.94. The van der Waals surface area contributed by atoms with Gasteiger partial charge in [-0.05, 0) is 50.1 Å². The van der Waals surface area contributed by atoms with Gasteiger partial charge in [0.2, 0.25) is 0 Å². The molecule has 10 heteroatoms. The van der Waals surface area contributed by atoms with E-state index in [1.165, 1.54) is 23.0 Å². The largest absolute Gasteiger partial charge is 0.343 e. The molecule has 0 spiro atoms. The summed E-state index contributed by atoms with van der Waals surface area (Å²) in [7, 11) is 0. The van der Waals surface area contributed by atoms with Crippen LogP contribution in [0.2, 0.25) is 0 Å². The Balaban J connectivity index is 1.58. The molecule has 0 bridgehead atoms. The second kappa shape index (κ2) is 10.3. The number of nitrogens with one attached hydrogen (secondary N) is 3. The van der Waals surface area contributed by atoms with Gasteiger partial charge in [-0.2, -0.15) is 5.10 Å². The number of nitrogens with zero attached hydrogens (tertiary/aromatic N) is 3. The number of hydrogen-bond acceptors (Lipinski definition) is 6. The molecule has 3 N–H and O–H groups in total. The zero-order valence-corrected chi connectivity index (χ0v) is 21.6. The van der Waals surface area contributed by atoms with Gasteiger partial charge in [-0.1, -0.05) is 48.0 Å². The van der Waals surface area contributed by atoms with E-state index in [0.29, 0.717) is 34.0 Å². The minimum absolute atomic E-state index is 0.117. The molecule has 2 amide bonds. The summed E-state index contributed by atoms with van der Waals surface area (Å²) in [6, 6.07) is 20.0. The van der Waals surface area contributed by atoms with Gasteiger partial charge in [0.25, 0.3) is 17.5 Å². The molecule has 0 aliphatic carbocycles. The van der Waals surface area contributed by atoms with Gasteiger partial charge in [0.15, 0.2) is 0 Å². The monoisotopic (exact) mass is 522 g/mol. The Bertz CT molecular complexity index is 1640. The fourth-order valence-corrected chi connectivity index (χ4v) is 4.70. The Labute approximate surface area is 224 Å². The summed E-state index contributed by atoms with van der Waals surface area (Å²) < 4.78 is 1.52. The van der Waals surface area contributed by atoms with Crippen LogP contribution in [0.3, 0.4) is 0 Å². The van der Waals surface area contributed by atoms with Crippen LogP contribution >= 0.6 is 0 Å².